The molecule has 0 unspecified atom stereocenters. The van der Waals surface area contributed by atoms with Crippen molar-refractivity contribution in [1.29, 1.82) is 0 Å². The van der Waals surface area contributed by atoms with Crippen LogP contribution >= 0.6 is 0 Å². The van der Waals surface area contributed by atoms with E-state index in [1.54, 1.807) is 30.3 Å². The van der Waals surface area contributed by atoms with Crippen LogP contribution in [0, 0.1) is 0 Å². The first-order chi connectivity index (χ1) is 16.5. The van der Waals surface area contributed by atoms with Crippen LogP contribution in [0.2, 0.25) is 0 Å². The Bertz CT molecular complexity index is 1210. The molecule has 5 rings (SSSR count). The molecule has 7 heteroatoms. The van der Waals surface area contributed by atoms with Crippen LogP contribution in [0.1, 0.15) is 29.9 Å². The normalized spacial score (nSPS) is 15.1. The number of para-hydroxylation sites is 1. The number of ether oxygens (including phenoxy) is 1. The zero-order valence-corrected chi connectivity index (χ0v) is 18.4. The van der Waals surface area contributed by atoms with Gasteiger partial charge in [-0.1, -0.05) is 66.7 Å². The zero-order valence-electron chi connectivity index (χ0n) is 18.4. The maximum Gasteiger partial charge on any atom is 0.408 e. The highest BCUT2D eigenvalue weighted by atomic mass is 16.5. The van der Waals surface area contributed by atoms with Gasteiger partial charge in [-0.15, -0.1) is 0 Å². The Balaban J connectivity index is 1.29. The minimum atomic E-state index is -1.14. The number of carboxylic acids is 1. The van der Waals surface area contributed by atoms with Gasteiger partial charge in [-0.25, -0.2) is 4.79 Å². The van der Waals surface area contributed by atoms with E-state index in [1.165, 1.54) is 4.90 Å². The number of fused-ring (bicyclic) bond motifs is 3. The highest BCUT2D eigenvalue weighted by molar-refractivity contribution is 6.06. The van der Waals surface area contributed by atoms with Crippen LogP contribution in [0.4, 0.5) is 10.5 Å². The number of nitrogens with one attached hydrogen (secondary N) is 1. The Hall–Kier alpha value is -4.13. The van der Waals surface area contributed by atoms with Crippen LogP contribution in [-0.4, -0.2) is 41.8 Å². The fourth-order valence-electron chi connectivity index (χ4n) is 4.63. The number of rotatable bonds is 7. The molecule has 0 bridgehead atoms. The van der Waals surface area contributed by atoms with Crippen molar-refractivity contribution in [2.24, 2.45) is 0 Å². The van der Waals surface area contributed by atoms with Crippen molar-refractivity contribution >= 4 is 23.7 Å². The van der Waals surface area contributed by atoms with Crippen LogP contribution in [0.3, 0.4) is 0 Å². The summed E-state index contributed by atoms with van der Waals surface area (Å²) in [6.07, 6.45) is 0.175. The van der Waals surface area contributed by atoms with Crippen LogP contribution in [0.5, 0.6) is 0 Å². The van der Waals surface area contributed by atoms with Gasteiger partial charge in [-0.3, -0.25) is 14.5 Å². The van der Waals surface area contributed by atoms with E-state index in [0.29, 0.717) is 18.5 Å². The molecule has 1 fully saturated rings. The Morgan fingerprint density at radius 1 is 0.882 bits per heavy atom. The second kappa shape index (κ2) is 8.67. The number of nitrogens with zero attached hydrogens (tertiary/aromatic N) is 1. The van der Waals surface area contributed by atoms with E-state index in [0.717, 1.165) is 22.3 Å². The van der Waals surface area contributed by atoms with Crippen molar-refractivity contribution in [3.8, 4) is 11.1 Å². The van der Waals surface area contributed by atoms with Gasteiger partial charge in [0.15, 0.2) is 0 Å². The molecule has 0 heterocycles. The number of benzene rings is 3. The Morgan fingerprint density at radius 3 is 2.00 bits per heavy atom. The predicted octanol–water partition coefficient (Wildman–Crippen LogP) is 4.18. The number of alkyl carbamates (subject to hydrolysis) is 1. The number of carboxylic acid groups (broad SMARTS) is 1. The van der Waals surface area contributed by atoms with Crippen LogP contribution in [-0.2, 0) is 14.3 Å². The van der Waals surface area contributed by atoms with Gasteiger partial charge in [-0.05, 0) is 47.2 Å². The third-order valence-electron chi connectivity index (χ3n) is 6.45. The van der Waals surface area contributed by atoms with Crippen LogP contribution in [0.25, 0.3) is 11.1 Å². The summed E-state index contributed by atoms with van der Waals surface area (Å²) < 4.78 is 5.60. The zero-order chi connectivity index (χ0) is 23.7. The molecule has 3 aromatic rings. The molecule has 2 N–H and O–H groups in total. The highest BCUT2D eigenvalue weighted by Gasteiger charge is 2.54. The minimum Gasteiger partial charge on any atom is -0.480 e. The number of carbonyl (C=O) groups excluding carboxylic acids is 2. The molecule has 172 valence electrons. The van der Waals surface area contributed by atoms with Gasteiger partial charge in [0.25, 0.3) is 5.91 Å². The number of hydrogen-bond acceptors (Lipinski definition) is 4. The number of amides is 2. The average molecular weight is 456 g/mol. The van der Waals surface area contributed by atoms with Crippen molar-refractivity contribution in [3.63, 3.8) is 0 Å². The molecule has 1 saturated carbocycles. The van der Waals surface area contributed by atoms with Gasteiger partial charge in [-0.2, -0.15) is 0 Å². The van der Waals surface area contributed by atoms with Gasteiger partial charge < -0.3 is 15.2 Å². The lowest BCUT2D eigenvalue weighted by atomic mass is 9.98. The predicted molar refractivity (Wildman–Crippen MR) is 127 cm³/mol. The van der Waals surface area contributed by atoms with E-state index in [4.69, 9.17) is 4.74 Å². The molecule has 34 heavy (non-hydrogen) atoms. The van der Waals surface area contributed by atoms with E-state index >= 15 is 0 Å². The molecule has 3 aromatic carbocycles. The van der Waals surface area contributed by atoms with E-state index in [9.17, 15) is 19.5 Å². The SMILES string of the molecule is O=C(O)CN(C(=O)C1(NC(=O)OCC2c3ccccc3-c3ccccc32)CC1)c1ccccc1. The van der Waals surface area contributed by atoms with E-state index in [1.807, 2.05) is 36.4 Å². The lowest BCUT2D eigenvalue weighted by Crippen LogP contribution is -2.52. The van der Waals surface area contributed by atoms with Crippen LogP contribution in [0.15, 0.2) is 78.9 Å². The maximum atomic E-state index is 13.3. The topological polar surface area (TPSA) is 95.9 Å². The monoisotopic (exact) mass is 456 g/mol. The molecule has 0 spiro atoms. The summed E-state index contributed by atoms with van der Waals surface area (Å²) in [5, 5.41) is 12.0. The van der Waals surface area contributed by atoms with Gasteiger partial charge in [0, 0.05) is 11.6 Å². The summed E-state index contributed by atoms with van der Waals surface area (Å²) in [5.41, 5.74) is 3.79. The Morgan fingerprint density at radius 2 is 1.44 bits per heavy atom. The number of aliphatic carboxylic acids is 1. The van der Waals surface area contributed by atoms with Crippen molar-refractivity contribution in [1.82, 2.24) is 5.32 Å². The number of anilines is 1. The molecule has 0 aromatic heterocycles. The van der Waals surface area contributed by atoms with E-state index in [-0.39, 0.29) is 12.5 Å². The summed E-state index contributed by atoms with van der Waals surface area (Å²) in [4.78, 5) is 38.6. The van der Waals surface area contributed by atoms with Gasteiger partial charge in [0.05, 0.1) is 0 Å². The van der Waals surface area contributed by atoms with Crippen molar-refractivity contribution in [2.75, 3.05) is 18.1 Å². The average Bonchev–Trinajstić information content (AvgIpc) is 3.56. The summed E-state index contributed by atoms with van der Waals surface area (Å²) in [7, 11) is 0. The first-order valence-corrected chi connectivity index (χ1v) is 11.2. The number of carbonyl (C=O) groups is 3. The lowest BCUT2D eigenvalue weighted by Gasteiger charge is -2.26. The molecular formula is C27H24N2O5. The summed E-state index contributed by atoms with van der Waals surface area (Å²) in [6.45, 7) is -0.349. The fraction of sp³-hybridized carbons (Fsp3) is 0.222. The number of hydrogen-bond donors (Lipinski definition) is 2. The molecule has 0 saturated heterocycles. The fourth-order valence-corrected chi connectivity index (χ4v) is 4.63. The Labute approximate surface area is 197 Å². The molecular weight excluding hydrogens is 432 g/mol. The second-order valence-electron chi connectivity index (χ2n) is 8.65. The van der Waals surface area contributed by atoms with E-state index < -0.39 is 30.1 Å². The van der Waals surface area contributed by atoms with Crippen LogP contribution < -0.4 is 10.2 Å². The standard InChI is InChI=1S/C27H24N2O5/c30-24(31)16-29(18-8-2-1-3-9-18)25(32)27(14-15-27)28-26(33)34-17-23-21-12-6-4-10-19(21)20-11-5-7-13-22(20)23/h1-13,23H,14-17H2,(H,28,33)(H,30,31). The molecule has 2 amide bonds. The largest absolute Gasteiger partial charge is 0.480 e. The molecule has 2 aliphatic carbocycles. The lowest BCUT2D eigenvalue weighted by molar-refractivity contribution is -0.137. The molecule has 0 atom stereocenters. The quantitative estimate of drug-likeness (QED) is 0.556. The third-order valence-corrected chi connectivity index (χ3v) is 6.45. The van der Waals surface area contributed by atoms with Gasteiger partial charge >= 0.3 is 12.1 Å². The van der Waals surface area contributed by atoms with Gasteiger partial charge in [0.1, 0.15) is 18.7 Å². The minimum absolute atomic E-state index is 0.0863. The van der Waals surface area contributed by atoms with Crippen molar-refractivity contribution < 1.29 is 24.2 Å². The summed E-state index contributed by atoms with van der Waals surface area (Å²) in [6, 6.07) is 24.7. The first kappa shape index (κ1) is 21.7. The Kier molecular flexibility index (Phi) is 5.53. The van der Waals surface area contributed by atoms with Gasteiger partial charge in [0.2, 0.25) is 0 Å². The highest BCUT2D eigenvalue weighted by Crippen LogP contribution is 2.44. The first-order valence-electron chi connectivity index (χ1n) is 11.2. The molecule has 0 radical (unpaired) electrons. The molecule has 2 aliphatic rings. The smallest absolute Gasteiger partial charge is 0.408 e. The third kappa shape index (κ3) is 4.01. The summed E-state index contributed by atoms with van der Waals surface area (Å²) >= 11 is 0. The second-order valence-corrected chi connectivity index (χ2v) is 8.65. The van der Waals surface area contributed by atoms with Crippen molar-refractivity contribution in [2.45, 2.75) is 24.3 Å². The van der Waals surface area contributed by atoms with E-state index in [2.05, 4.69) is 17.4 Å². The molecule has 7 nitrogen and oxygen atoms in total. The van der Waals surface area contributed by atoms with Crippen molar-refractivity contribution in [3.05, 3.63) is 90.0 Å². The summed E-state index contributed by atoms with van der Waals surface area (Å²) in [5.74, 6) is -1.67. The maximum absolute atomic E-state index is 13.3. The molecule has 0 aliphatic heterocycles.